The van der Waals surface area contributed by atoms with Crippen molar-refractivity contribution in [3.8, 4) is 17.1 Å². The number of likely N-dealkylation sites (tertiary alicyclic amines) is 1. The van der Waals surface area contributed by atoms with E-state index in [1.54, 1.807) is 6.07 Å². The van der Waals surface area contributed by atoms with E-state index in [1.165, 1.54) is 36.3 Å². The van der Waals surface area contributed by atoms with Gasteiger partial charge in [0.2, 0.25) is 17.6 Å². The number of carbonyl (C=O) groups is 1. The Morgan fingerprint density at radius 1 is 1.17 bits per heavy atom. The summed E-state index contributed by atoms with van der Waals surface area (Å²) in [6.45, 7) is 0.00700. The minimum Gasteiger partial charge on any atom is -0.494 e. The Kier molecular flexibility index (Phi) is 4.96. The molecule has 4 rings (SSSR count). The predicted molar refractivity (Wildman–Crippen MR) is 95.1 cm³/mol. The maximum absolute atomic E-state index is 13.9. The standard InChI is InChI=1S/C20H16F3N3O3/c1-28-17-4-2-12(8-15(17)23)19-24-20(29-25-19)16-3-5-18(27)26(16)10-11-6-13(21)9-14(22)7-11/h2,4,6-9,16H,3,5,10H2,1H3. The molecule has 6 nitrogen and oxygen atoms in total. The minimum absolute atomic E-state index is 0.00700. The first-order chi connectivity index (χ1) is 13.9. The van der Waals surface area contributed by atoms with Crippen LogP contribution in [0.1, 0.15) is 30.3 Å². The lowest BCUT2D eigenvalue weighted by Gasteiger charge is -2.22. The molecular formula is C20H16F3N3O3. The summed E-state index contributed by atoms with van der Waals surface area (Å²) < 4.78 is 51.1. The van der Waals surface area contributed by atoms with Gasteiger partial charge in [-0.2, -0.15) is 4.98 Å². The highest BCUT2D eigenvalue weighted by Crippen LogP contribution is 2.34. The highest BCUT2D eigenvalue weighted by Gasteiger charge is 2.36. The summed E-state index contributed by atoms with van der Waals surface area (Å²) in [5, 5.41) is 3.87. The highest BCUT2D eigenvalue weighted by molar-refractivity contribution is 5.78. The van der Waals surface area contributed by atoms with Crippen LogP contribution in [0.4, 0.5) is 13.2 Å². The van der Waals surface area contributed by atoms with E-state index < -0.39 is 23.5 Å². The monoisotopic (exact) mass is 403 g/mol. The Hall–Kier alpha value is -3.36. The Morgan fingerprint density at radius 2 is 1.93 bits per heavy atom. The Bertz CT molecular complexity index is 1050. The summed E-state index contributed by atoms with van der Waals surface area (Å²) in [4.78, 5) is 18.0. The summed E-state index contributed by atoms with van der Waals surface area (Å²) in [6.07, 6.45) is 0.673. The smallest absolute Gasteiger partial charge is 0.249 e. The van der Waals surface area contributed by atoms with Crippen LogP contribution in [0.25, 0.3) is 11.4 Å². The number of aromatic nitrogens is 2. The fourth-order valence-electron chi connectivity index (χ4n) is 3.38. The van der Waals surface area contributed by atoms with Gasteiger partial charge < -0.3 is 14.2 Å². The molecule has 1 unspecified atom stereocenters. The van der Waals surface area contributed by atoms with Crippen molar-refractivity contribution >= 4 is 5.91 Å². The van der Waals surface area contributed by atoms with Gasteiger partial charge in [0, 0.05) is 24.6 Å². The molecule has 1 atom stereocenters. The van der Waals surface area contributed by atoms with Crippen molar-refractivity contribution in [3.05, 3.63) is 65.3 Å². The molecule has 0 radical (unpaired) electrons. The summed E-state index contributed by atoms with van der Waals surface area (Å²) >= 11 is 0. The van der Waals surface area contributed by atoms with E-state index in [9.17, 15) is 18.0 Å². The van der Waals surface area contributed by atoms with Gasteiger partial charge in [0.1, 0.15) is 17.7 Å². The lowest BCUT2D eigenvalue weighted by Crippen LogP contribution is -2.27. The number of hydrogen-bond donors (Lipinski definition) is 0. The number of carbonyl (C=O) groups excluding carboxylic acids is 1. The van der Waals surface area contributed by atoms with Crippen LogP contribution in [0.3, 0.4) is 0 Å². The maximum Gasteiger partial charge on any atom is 0.249 e. The van der Waals surface area contributed by atoms with Crippen molar-refractivity contribution in [2.45, 2.75) is 25.4 Å². The maximum atomic E-state index is 13.9. The first-order valence-electron chi connectivity index (χ1n) is 8.86. The van der Waals surface area contributed by atoms with Crippen LogP contribution in [-0.2, 0) is 11.3 Å². The summed E-state index contributed by atoms with van der Waals surface area (Å²) in [5.41, 5.74) is 0.709. The lowest BCUT2D eigenvalue weighted by atomic mass is 10.1. The van der Waals surface area contributed by atoms with Gasteiger partial charge in [-0.3, -0.25) is 4.79 Å². The molecule has 2 aromatic carbocycles. The van der Waals surface area contributed by atoms with Crippen LogP contribution in [0.2, 0.25) is 0 Å². The number of nitrogens with zero attached hydrogens (tertiary/aromatic N) is 3. The molecule has 0 spiro atoms. The quantitative estimate of drug-likeness (QED) is 0.644. The van der Waals surface area contributed by atoms with Crippen LogP contribution < -0.4 is 4.74 Å². The van der Waals surface area contributed by atoms with Gasteiger partial charge in [0.05, 0.1) is 7.11 Å². The molecule has 1 aliphatic rings. The molecule has 3 aromatic rings. The predicted octanol–water partition coefficient (Wildman–Crippen LogP) is 4.03. The zero-order valence-electron chi connectivity index (χ0n) is 15.4. The molecule has 1 saturated heterocycles. The zero-order chi connectivity index (χ0) is 20.5. The minimum atomic E-state index is -0.718. The van der Waals surface area contributed by atoms with E-state index in [-0.39, 0.29) is 36.3 Å². The Labute approximate surface area is 163 Å². The van der Waals surface area contributed by atoms with E-state index in [1.807, 2.05) is 0 Å². The third kappa shape index (κ3) is 3.80. The van der Waals surface area contributed by atoms with Crippen molar-refractivity contribution in [3.63, 3.8) is 0 Å². The van der Waals surface area contributed by atoms with Crippen LogP contribution >= 0.6 is 0 Å². The second kappa shape index (κ2) is 7.57. The average molecular weight is 403 g/mol. The summed E-state index contributed by atoms with van der Waals surface area (Å²) in [5.74, 6) is -1.75. The van der Waals surface area contributed by atoms with Crippen molar-refractivity contribution in [1.29, 1.82) is 0 Å². The molecule has 1 aromatic heterocycles. The second-order valence-electron chi connectivity index (χ2n) is 6.66. The summed E-state index contributed by atoms with van der Waals surface area (Å²) in [7, 11) is 1.36. The molecule has 1 aliphatic heterocycles. The van der Waals surface area contributed by atoms with Crippen LogP contribution in [0, 0.1) is 17.5 Å². The number of methoxy groups -OCH3 is 1. The molecule has 0 aliphatic carbocycles. The van der Waals surface area contributed by atoms with E-state index in [0.717, 1.165) is 6.07 Å². The molecule has 1 fully saturated rings. The molecule has 0 N–H and O–H groups in total. The number of ether oxygens (including phenoxy) is 1. The van der Waals surface area contributed by atoms with Gasteiger partial charge >= 0.3 is 0 Å². The Balaban J connectivity index is 1.59. The van der Waals surface area contributed by atoms with Gasteiger partial charge in [-0.05, 0) is 42.3 Å². The second-order valence-corrected chi connectivity index (χ2v) is 6.66. The van der Waals surface area contributed by atoms with Gasteiger partial charge in [-0.1, -0.05) is 5.16 Å². The van der Waals surface area contributed by atoms with E-state index in [4.69, 9.17) is 9.26 Å². The fraction of sp³-hybridized carbons (Fsp3) is 0.250. The van der Waals surface area contributed by atoms with E-state index in [2.05, 4.69) is 10.1 Å². The molecule has 9 heteroatoms. The first kappa shape index (κ1) is 19.0. The molecule has 150 valence electrons. The normalized spacial score (nSPS) is 16.5. The highest BCUT2D eigenvalue weighted by atomic mass is 19.1. The van der Waals surface area contributed by atoms with Crippen molar-refractivity contribution in [2.75, 3.05) is 7.11 Å². The molecular weight excluding hydrogens is 387 g/mol. The molecule has 0 bridgehead atoms. The van der Waals surface area contributed by atoms with Crippen LogP contribution in [0.5, 0.6) is 5.75 Å². The largest absolute Gasteiger partial charge is 0.494 e. The lowest BCUT2D eigenvalue weighted by molar-refractivity contribution is -0.130. The third-order valence-electron chi connectivity index (χ3n) is 4.74. The Morgan fingerprint density at radius 3 is 2.62 bits per heavy atom. The number of amides is 1. The van der Waals surface area contributed by atoms with Gasteiger partial charge in [0.15, 0.2) is 11.6 Å². The fourth-order valence-corrected chi connectivity index (χ4v) is 3.38. The van der Waals surface area contributed by atoms with Gasteiger partial charge in [-0.15, -0.1) is 0 Å². The molecule has 0 saturated carbocycles. The topological polar surface area (TPSA) is 68.5 Å². The molecule has 1 amide bonds. The summed E-state index contributed by atoms with van der Waals surface area (Å²) in [6, 6.07) is 6.84. The number of hydrogen-bond acceptors (Lipinski definition) is 5. The molecule has 29 heavy (non-hydrogen) atoms. The number of halogens is 3. The van der Waals surface area contributed by atoms with E-state index >= 15 is 0 Å². The van der Waals surface area contributed by atoms with Crippen molar-refractivity contribution in [2.24, 2.45) is 0 Å². The van der Waals surface area contributed by atoms with E-state index in [0.29, 0.717) is 17.5 Å². The van der Waals surface area contributed by atoms with Crippen LogP contribution in [-0.4, -0.2) is 28.1 Å². The average Bonchev–Trinajstić information content (AvgIpc) is 3.28. The number of rotatable bonds is 5. The van der Waals surface area contributed by atoms with Gasteiger partial charge in [0.25, 0.3) is 0 Å². The molecule has 2 heterocycles. The number of benzene rings is 2. The van der Waals surface area contributed by atoms with Crippen LogP contribution in [0.15, 0.2) is 40.9 Å². The van der Waals surface area contributed by atoms with Gasteiger partial charge in [-0.25, -0.2) is 13.2 Å². The van der Waals surface area contributed by atoms with Crippen molar-refractivity contribution < 1.29 is 27.2 Å². The SMILES string of the molecule is COc1ccc(-c2noc(C3CCC(=O)N3Cc3cc(F)cc(F)c3)n2)cc1F. The third-order valence-corrected chi connectivity index (χ3v) is 4.74. The first-order valence-corrected chi connectivity index (χ1v) is 8.86. The zero-order valence-corrected chi connectivity index (χ0v) is 15.4. The van der Waals surface area contributed by atoms with Crippen molar-refractivity contribution in [1.82, 2.24) is 15.0 Å².